The molecule has 2 rings (SSSR count). The summed E-state index contributed by atoms with van der Waals surface area (Å²) >= 11 is 0. The average molecular weight is 264 g/mol. The lowest BCUT2D eigenvalue weighted by molar-refractivity contribution is -0.137. The summed E-state index contributed by atoms with van der Waals surface area (Å²) in [5, 5.41) is 0. The lowest BCUT2D eigenvalue weighted by Gasteiger charge is -2.12. The van der Waals surface area contributed by atoms with Gasteiger partial charge in [-0.15, -0.1) is 0 Å². The van der Waals surface area contributed by atoms with Crippen LogP contribution in [0.25, 0.3) is 11.1 Å². The van der Waals surface area contributed by atoms with Crippen LogP contribution in [0.15, 0.2) is 42.5 Å². The molecule has 0 N–H and O–H groups in total. The molecule has 0 radical (unpaired) electrons. The van der Waals surface area contributed by atoms with Crippen LogP contribution in [0, 0.1) is 6.92 Å². The zero-order chi connectivity index (χ0) is 14.0. The van der Waals surface area contributed by atoms with Crippen molar-refractivity contribution in [3.63, 3.8) is 0 Å². The fourth-order valence-corrected chi connectivity index (χ4v) is 1.97. The first kappa shape index (κ1) is 13.7. The van der Waals surface area contributed by atoms with E-state index in [0.717, 1.165) is 11.1 Å². The second kappa shape index (κ2) is 5.08. The average Bonchev–Trinajstić information content (AvgIpc) is 2.38. The van der Waals surface area contributed by atoms with E-state index in [1.54, 1.807) is 0 Å². The molecule has 2 aromatic carbocycles. The Morgan fingerprint density at radius 2 is 1.53 bits per heavy atom. The Labute approximate surface area is 110 Å². The Morgan fingerprint density at radius 1 is 0.895 bits per heavy atom. The van der Waals surface area contributed by atoms with E-state index in [9.17, 15) is 13.2 Å². The summed E-state index contributed by atoms with van der Waals surface area (Å²) in [6.07, 6.45) is -3.71. The molecule has 0 nitrogen and oxygen atoms in total. The molecule has 0 amide bonds. The summed E-state index contributed by atoms with van der Waals surface area (Å²) in [6, 6.07) is 11.8. The highest BCUT2D eigenvalue weighted by Crippen LogP contribution is 2.33. The fraction of sp³-hybridized carbons (Fsp3) is 0.250. The maximum Gasteiger partial charge on any atom is 0.416 e. The van der Waals surface area contributed by atoms with Crippen LogP contribution in [0.4, 0.5) is 13.2 Å². The molecule has 0 fully saturated rings. The summed E-state index contributed by atoms with van der Waals surface area (Å²) in [5.41, 5.74) is 2.64. The van der Waals surface area contributed by atoms with Crippen molar-refractivity contribution in [3.05, 3.63) is 59.2 Å². The Morgan fingerprint density at radius 3 is 2.05 bits per heavy atom. The third-order valence-corrected chi connectivity index (χ3v) is 3.11. The molecular weight excluding hydrogens is 249 g/mol. The first-order chi connectivity index (χ1) is 8.90. The van der Waals surface area contributed by atoms with Crippen LogP contribution in [0.1, 0.15) is 23.6 Å². The van der Waals surface area contributed by atoms with Gasteiger partial charge >= 0.3 is 6.18 Å². The van der Waals surface area contributed by atoms with Crippen LogP contribution in [0.2, 0.25) is 0 Å². The second-order valence-corrected chi connectivity index (χ2v) is 4.64. The summed E-state index contributed by atoms with van der Waals surface area (Å²) < 4.78 is 38.6. The molecule has 0 aliphatic rings. The van der Waals surface area contributed by atoms with Gasteiger partial charge in [-0.25, -0.2) is 0 Å². The van der Waals surface area contributed by atoms with Gasteiger partial charge in [-0.3, -0.25) is 0 Å². The molecule has 0 saturated carbocycles. The lowest BCUT2D eigenvalue weighted by Crippen LogP contribution is -2.06. The van der Waals surface area contributed by atoms with Crippen LogP contribution in [0.3, 0.4) is 0 Å². The summed E-state index contributed by atoms with van der Waals surface area (Å²) in [4.78, 5) is 0. The molecule has 0 unspecified atom stereocenters. The van der Waals surface area contributed by atoms with E-state index in [1.807, 2.05) is 44.2 Å². The highest BCUT2D eigenvalue weighted by Gasteiger charge is 2.31. The molecule has 0 heterocycles. The van der Waals surface area contributed by atoms with Crippen LogP contribution < -0.4 is 0 Å². The van der Waals surface area contributed by atoms with Gasteiger partial charge in [0.15, 0.2) is 0 Å². The van der Waals surface area contributed by atoms with Crippen molar-refractivity contribution in [3.8, 4) is 11.1 Å². The zero-order valence-corrected chi connectivity index (χ0v) is 10.9. The number of halogens is 3. The van der Waals surface area contributed by atoms with Crippen molar-refractivity contribution in [1.29, 1.82) is 0 Å². The molecule has 0 saturated heterocycles. The molecule has 100 valence electrons. The lowest BCUT2D eigenvalue weighted by atomic mass is 9.98. The van der Waals surface area contributed by atoms with E-state index in [1.165, 1.54) is 12.1 Å². The van der Waals surface area contributed by atoms with E-state index >= 15 is 0 Å². The third kappa shape index (κ3) is 3.16. The number of alkyl halides is 3. The molecule has 0 atom stereocenters. The van der Waals surface area contributed by atoms with E-state index in [4.69, 9.17) is 0 Å². The van der Waals surface area contributed by atoms with E-state index in [2.05, 4.69) is 0 Å². The van der Waals surface area contributed by atoms with Crippen LogP contribution >= 0.6 is 0 Å². The van der Waals surface area contributed by atoms with Crippen molar-refractivity contribution in [2.45, 2.75) is 26.4 Å². The highest BCUT2D eigenvalue weighted by atomic mass is 19.4. The second-order valence-electron chi connectivity index (χ2n) is 4.64. The van der Waals surface area contributed by atoms with Crippen LogP contribution in [0.5, 0.6) is 0 Å². The first-order valence-electron chi connectivity index (χ1n) is 6.18. The maximum atomic E-state index is 12.9. The summed E-state index contributed by atoms with van der Waals surface area (Å²) in [6.45, 7) is 3.81. The minimum absolute atomic E-state index is 0.581. The number of benzene rings is 2. The van der Waals surface area contributed by atoms with E-state index < -0.39 is 11.7 Å². The van der Waals surface area contributed by atoms with E-state index in [-0.39, 0.29) is 0 Å². The minimum Gasteiger partial charge on any atom is -0.166 e. The van der Waals surface area contributed by atoms with Gasteiger partial charge in [0.2, 0.25) is 0 Å². The maximum absolute atomic E-state index is 12.9. The Kier molecular flexibility index (Phi) is 3.65. The Balaban J connectivity index is 2.54. The zero-order valence-electron chi connectivity index (χ0n) is 10.9. The largest absolute Gasteiger partial charge is 0.416 e. The predicted molar refractivity (Wildman–Crippen MR) is 71.0 cm³/mol. The van der Waals surface area contributed by atoms with Crippen molar-refractivity contribution < 1.29 is 13.2 Å². The highest BCUT2D eigenvalue weighted by molar-refractivity contribution is 5.65. The number of rotatable bonds is 2. The van der Waals surface area contributed by atoms with E-state index in [0.29, 0.717) is 17.5 Å². The van der Waals surface area contributed by atoms with Crippen LogP contribution in [-0.2, 0) is 12.6 Å². The molecule has 0 spiro atoms. The molecule has 0 aliphatic carbocycles. The molecule has 19 heavy (non-hydrogen) atoms. The first-order valence-corrected chi connectivity index (χ1v) is 6.18. The fourth-order valence-electron chi connectivity index (χ4n) is 1.97. The van der Waals surface area contributed by atoms with Gasteiger partial charge in [0.05, 0.1) is 5.56 Å². The van der Waals surface area contributed by atoms with Gasteiger partial charge < -0.3 is 0 Å². The molecule has 0 aliphatic heterocycles. The molecular formula is C16H15F3. The van der Waals surface area contributed by atoms with Crippen molar-refractivity contribution in [2.24, 2.45) is 0 Å². The van der Waals surface area contributed by atoms with Crippen molar-refractivity contribution >= 4 is 0 Å². The smallest absolute Gasteiger partial charge is 0.166 e. The summed E-state index contributed by atoms with van der Waals surface area (Å²) in [7, 11) is 0. The standard InChI is InChI=1S/C16H15F3/c1-3-12-8-14(10-15(9-12)16(17,18)19)13-6-4-11(2)5-7-13/h4-10H,3H2,1-2H3. The molecule has 3 heteroatoms. The van der Waals surface area contributed by atoms with Gasteiger partial charge in [-0.1, -0.05) is 42.8 Å². The van der Waals surface area contributed by atoms with Crippen LogP contribution in [-0.4, -0.2) is 0 Å². The number of aryl methyl sites for hydroxylation is 2. The van der Waals surface area contributed by atoms with Crippen molar-refractivity contribution in [2.75, 3.05) is 0 Å². The van der Waals surface area contributed by atoms with Crippen molar-refractivity contribution in [1.82, 2.24) is 0 Å². The monoisotopic (exact) mass is 264 g/mol. The van der Waals surface area contributed by atoms with Gasteiger partial charge in [-0.05, 0) is 42.2 Å². The molecule has 2 aromatic rings. The number of hydrogen-bond donors (Lipinski definition) is 0. The topological polar surface area (TPSA) is 0 Å². The molecule has 0 bridgehead atoms. The summed E-state index contributed by atoms with van der Waals surface area (Å²) in [5.74, 6) is 0. The van der Waals surface area contributed by atoms with Gasteiger partial charge in [-0.2, -0.15) is 13.2 Å². The third-order valence-electron chi connectivity index (χ3n) is 3.11. The Hall–Kier alpha value is -1.77. The van der Waals surface area contributed by atoms with Gasteiger partial charge in [0, 0.05) is 0 Å². The minimum atomic E-state index is -4.30. The normalized spacial score (nSPS) is 11.6. The van der Waals surface area contributed by atoms with Gasteiger partial charge in [0.1, 0.15) is 0 Å². The molecule has 0 aromatic heterocycles. The van der Waals surface area contributed by atoms with Gasteiger partial charge in [0.25, 0.3) is 0 Å². The number of hydrogen-bond acceptors (Lipinski definition) is 0. The predicted octanol–water partition coefficient (Wildman–Crippen LogP) is 5.24. The Bertz CT molecular complexity index is 566. The SMILES string of the molecule is CCc1cc(-c2ccc(C)cc2)cc(C(F)(F)F)c1. The quantitative estimate of drug-likeness (QED) is 0.695.